The summed E-state index contributed by atoms with van der Waals surface area (Å²) in [6.07, 6.45) is 4.07. The van der Waals surface area contributed by atoms with Crippen molar-refractivity contribution >= 4 is 11.6 Å². The Morgan fingerprint density at radius 3 is 2.03 bits per heavy atom. The zero-order valence-electron chi connectivity index (χ0n) is 21.8. The number of hydrogen-bond acceptors (Lipinski definition) is 4. The lowest BCUT2D eigenvalue weighted by atomic mass is 9.91. The standard InChI is InChI=1S/C32H31N3O3/c1-22-14-15-35-29(21-33-30(35)16-22)28(25-17-26(37-2)19-27(18-25)38-3)20-31(36)34-32(23-10-6-4-7-11-23)24-12-8-5-9-13-24/h4-19,21,28,32H,20H2,1-3H3,(H,34,36). The van der Waals surface area contributed by atoms with Gasteiger partial charge in [-0.15, -0.1) is 0 Å². The number of methoxy groups -OCH3 is 2. The van der Waals surface area contributed by atoms with E-state index in [9.17, 15) is 4.79 Å². The first-order valence-corrected chi connectivity index (χ1v) is 12.6. The van der Waals surface area contributed by atoms with Crippen LogP contribution < -0.4 is 14.8 Å². The molecule has 0 aliphatic rings. The van der Waals surface area contributed by atoms with Crippen molar-refractivity contribution in [3.8, 4) is 11.5 Å². The molecular formula is C32H31N3O3. The van der Waals surface area contributed by atoms with E-state index in [0.29, 0.717) is 11.5 Å². The molecule has 3 aromatic carbocycles. The highest BCUT2D eigenvalue weighted by atomic mass is 16.5. The lowest BCUT2D eigenvalue weighted by Gasteiger charge is -2.23. The normalized spacial score (nSPS) is 11.9. The number of fused-ring (bicyclic) bond motifs is 1. The fraction of sp³-hybridized carbons (Fsp3) is 0.188. The number of rotatable bonds is 9. The first-order valence-electron chi connectivity index (χ1n) is 12.6. The summed E-state index contributed by atoms with van der Waals surface area (Å²) in [6, 6.07) is 29.6. The molecule has 2 heterocycles. The number of carbonyl (C=O) groups excluding carboxylic acids is 1. The Bertz CT molecular complexity index is 1470. The number of benzene rings is 3. The second kappa shape index (κ2) is 11.2. The summed E-state index contributed by atoms with van der Waals surface area (Å²) in [7, 11) is 3.25. The average molecular weight is 506 g/mol. The van der Waals surface area contributed by atoms with Gasteiger partial charge in [0.1, 0.15) is 17.1 Å². The predicted molar refractivity (Wildman–Crippen MR) is 149 cm³/mol. The smallest absolute Gasteiger partial charge is 0.221 e. The quantitative estimate of drug-likeness (QED) is 0.263. The number of nitrogens with one attached hydrogen (secondary N) is 1. The van der Waals surface area contributed by atoms with Crippen molar-refractivity contribution in [3.63, 3.8) is 0 Å². The third kappa shape index (κ3) is 5.39. The summed E-state index contributed by atoms with van der Waals surface area (Å²) in [5.41, 5.74) is 5.84. The molecule has 6 heteroatoms. The van der Waals surface area contributed by atoms with Crippen molar-refractivity contribution in [1.82, 2.24) is 14.7 Å². The number of ether oxygens (including phenoxy) is 2. The zero-order chi connectivity index (χ0) is 26.5. The van der Waals surface area contributed by atoms with Crippen LogP contribution in [0.2, 0.25) is 0 Å². The largest absolute Gasteiger partial charge is 0.497 e. The number of pyridine rings is 1. The molecule has 38 heavy (non-hydrogen) atoms. The first-order chi connectivity index (χ1) is 18.6. The van der Waals surface area contributed by atoms with Gasteiger partial charge in [-0.2, -0.15) is 0 Å². The molecule has 5 rings (SSSR count). The number of aromatic nitrogens is 2. The van der Waals surface area contributed by atoms with Crippen LogP contribution >= 0.6 is 0 Å². The second-order valence-corrected chi connectivity index (χ2v) is 9.34. The van der Waals surface area contributed by atoms with Crippen LogP contribution in [0.4, 0.5) is 0 Å². The maximum absolute atomic E-state index is 13.8. The van der Waals surface area contributed by atoms with E-state index in [2.05, 4.69) is 10.3 Å². The van der Waals surface area contributed by atoms with Gasteiger partial charge in [0.2, 0.25) is 5.91 Å². The summed E-state index contributed by atoms with van der Waals surface area (Å²) in [4.78, 5) is 18.4. The average Bonchev–Trinajstić information content (AvgIpc) is 3.37. The maximum atomic E-state index is 13.8. The third-order valence-electron chi connectivity index (χ3n) is 6.79. The lowest BCUT2D eigenvalue weighted by Crippen LogP contribution is -2.30. The van der Waals surface area contributed by atoms with E-state index in [1.54, 1.807) is 14.2 Å². The van der Waals surface area contributed by atoms with E-state index in [1.165, 1.54) is 0 Å². The van der Waals surface area contributed by atoms with Crippen molar-refractivity contribution in [2.45, 2.75) is 25.3 Å². The van der Waals surface area contributed by atoms with Crippen LogP contribution in [0.5, 0.6) is 11.5 Å². The van der Waals surface area contributed by atoms with Gasteiger partial charge < -0.3 is 19.2 Å². The van der Waals surface area contributed by atoms with E-state index < -0.39 is 0 Å². The van der Waals surface area contributed by atoms with Gasteiger partial charge in [0.25, 0.3) is 0 Å². The fourth-order valence-corrected chi connectivity index (χ4v) is 4.84. The topological polar surface area (TPSA) is 64.9 Å². The Balaban J connectivity index is 1.54. The maximum Gasteiger partial charge on any atom is 0.221 e. The molecule has 0 radical (unpaired) electrons. The minimum absolute atomic E-state index is 0.0726. The van der Waals surface area contributed by atoms with Crippen LogP contribution in [0.3, 0.4) is 0 Å². The van der Waals surface area contributed by atoms with Gasteiger partial charge in [-0.3, -0.25) is 4.79 Å². The van der Waals surface area contributed by atoms with Gasteiger partial charge in [-0.05, 0) is 53.4 Å². The fourth-order valence-electron chi connectivity index (χ4n) is 4.84. The van der Waals surface area contributed by atoms with Crippen molar-refractivity contribution in [3.05, 3.63) is 131 Å². The minimum atomic E-state index is -0.288. The van der Waals surface area contributed by atoms with Crippen molar-refractivity contribution in [2.24, 2.45) is 0 Å². The molecule has 5 aromatic rings. The Labute approximate surface area is 222 Å². The number of aryl methyl sites for hydroxylation is 1. The van der Waals surface area contributed by atoms with E-state index in [1.807, 2.05) is 115 Å². The van der Waals surface area contributed by atoms with Gasteiger partial charge in [0, 0.05) is 30.8 Å². The second-order valence-electron chi connectivity index (χ2n) is 9.34. The highest BCUT2D eigenvalue weighted by Crippen LogP contribution is 2.35. The molecule has 1 N–H and O–H groups in total. The van der Waals surface area contributed by atoms with E-state index in [0.717, 1.165) is 33.6 Å². The Morgan fingerprint density at radius 1 is 0.842 bits per heavy atom. The van der Waals surface area contributed by atoms with Gasteiger partial charge in [0.15, 0.2) is 0 Å². The highest BCUT2D eigenvalue weighted by Gasteiger charge is 2.25. The van der Waals surface area contributed by atoms with Gasteiger partial charge >= 0.3 is 0 Å². The number of carbonyl (C=O) groups is 1. The van der Waals surface area contributed by atoms with E-state index >= 15 is 0 Å². The van der Waals surface area contributed by atoms with Crippen LogP contribution in [-0.2, 0) is 4.79 Å². The molecule has 0 spiro atoms. The molecule has 2 aromatic heterocycles. The molecule has 0 saturated carbocycles. The first kappa shape index (κ1) is 25.1. The summed E-state index contributed by atoms with van der Waals surface area (Å²) in [6.45, 7) is 2.04. The van der Waals surface area contributed by atoms with Crippen LogP contribution in [0.15, 0.2) is 103 Å². The van der Waals surface area contributed by atoms with Crippen LogP contribution in [0.25, 0.3) is 5.65 Å². The molecule has 0 aliphatic carbocycles. The summed E-state index contributed by atoms with van der Waals surface area (Å²) in [5.74, 6) is 0.974. The molecule has 6 nitrogen and oxygen atoms in total. The van der Waals surface area contributed by atoms with Gasteiger partial charge in [-0.25, -0.2) is 4.98 Å². The molecule has 1 unspecified atom stereocenters. The number of imidazole rings is 1. The van der Waals surface area contributed by atoms with E-state index in [-0.39, 0.29) is 24.3 Å². The highest BCUT2D eigenvalue weighted by molar-refractivity contribution is 5.78. The van der Waals surface area contributed by atoms with Crippen molar-refractivity contribution in [1.29, 1.82) is 0 Å². The molecule has 0 saturated heterocycles. The number of nitrogens with zero attached hydrogens (tertiary/aromatic N) is 2. The summed E-state index contributed by atoms with van der Waals surface area (Å²) >= 11 is 0. The summed E-state index contributed by atoms with van der Waals surface area (Å²) < 4.78 is 13.1. The molecule has 192 valence electrons. The van der Waals surface area contributed by atoms with E-state index in [4.69, 9.17) is 9.47 Å². The number of hydrogen-bond donors (Lipinski definition) is 1. The summed E-state index contributed by atoms with van der Waals surface area (Å²) in [5, 5.41) is 3.30. The molecule has 1 amide bonds. The Hall–Kier alpha value is -4.58. The monoisotopic (exact) mass is 505 g/mol. The molecule has 0 aliphatic heterocycles. The molecule has 1 atom stereocenters. The molecular weight excluding hydrogens is 474 g/mol. The van der Waals surface area contributed by atoms with Crippen LogP contribution in [0.1, 0.15) is 46.3 Å². The zero-order valence-corrected chi connectivity index (χ0v) is 21.8. The SMILES string of the molecule is COc1cc(OC)cc(C(CC(=O)NC(c2ccccc2)c2ccccc2)c2cnc3cc(C)ccn23)c1. The van der Waals surface area contributed by atoms with Gasteiger partial charge in [0.05, 0.1) is 26.0 Å². The van der Waals surface area contributed by atoms with Crippen LogP contribution in [0, 0.1) is 6.92 Å². The number of amides is 1. The Kier molecular flexibility index (Phi) is 7.40. The predicted octanol–water partition coefficient (Wildman–Crippen LogP) is 6.09. The molecule has 0 fully saturated rings. The van der Waals surface area contributed by atoms with Crippen LogP contribution in [-0.4, -0.2) is 29.5 Å². The third-order valence-corrected chi connectivity index (χ3v) is 6.79. The molecule has 0 bridgehead atoms. The van der Waals surface area contributed by atoms with Gasteiger partial charge in [-0.1, -0.05) is 60.7 Å². The van der Waals surface area contributed by atoms with Crippen molar-refractivity contribution < 1.29 is 14.3 Å². The lowest BCUT2D eigenvalue weighted by molar-refractivity contribution is -0.121. The van der Waals surface area contributed by atoms with Crippen molar-refractivity contribution in [2.75, 3.05) is 14.2 Å². The minimum Gasteiger partial charge on any atom is -0.497 e. The Morgan fingerprint density at radius 2 is 1.45 bits per heavy atom.